The minimum absolute atomic E-state index is 0.203. The number of rotatable bonds is 1. The fraction of sp³-hybridized carbons (Fsp3) is 0.562. The summed E-state index contributed by atoms with van der Waals surface area (Å²) in [5, 5.41) is 3.33. The van der Waals surface area contributed by atoms with Gasteiger partial charge in [-0.25, -0.2) is 0 Å². The fourth-order valence-electron chi connectivity index (χ4n) is 3.40. The zero-order valence-corrected chi connectivity index (χ0v) is 11.8. The van der Waals surface area contributed by atoms with Crippen LogP contribution in [-0.2, 0) is 13.1 Å². The summed E-state index contributed by atoms with van der Waals surface area (Å²) < 4.78 is 0. The van der Waals surface area contributed by atoms with Crippen LogP contribution in [0, 0.1) is 0 Å². The highest BCUT2D eigenvalue weighted by Crippen LogP contribution is 2.26. The molecule has 102 valence electrons. The molecule has 0 aromatic heterocycles. The van der Waals surface area contributed by atoms with Crippen LogP contribution in [0.1, 0.15) is 54.6 Å². The molecule has 3 rings (SSSR count). The summed E-state index contributed by atoms with van der Waals surface area (Å²) in [4.78, 5) is 14.8. The van der Waals surface area contributed by atoms with Crippen molar-refractivity contribution >= 4 is 5.91 Å². The number of hydrogen-bond acceptors (Lipinski definition) is 2. The van der Waals surface area contributed by atoms with Crippen LogP contribution in [0.3, 0.4) is 0 Å². The van der Waals surface area contributed by atoms with Crippen molar-refractivity contribution < 1.29 is 4.79 Å². The topological polar surface area (TPSA) is 32.3 Å². The predicted octanol–water partition coefficient (Wildman–Crippen LogP) is 2.69. The van der Waals surface area contributed by atoms with E-state index in [0.717, 1.165) is 31.5 Å². The van der Waals surface area contributed by atoms with Gasteiger partial charge in [0.25, 0.3) is 5.91 Å². The quantitative estimate of drug-likeness (QED) is 0.840. The second-order valence-electron chi connectivity index (χ2n) is 5.93. The van der Waals surface area contributed by atoms with Crippen molar-refractivity contribution in [3.05, 3.63) is 34.9 Å². The van der Waals surface area contributed by atoms with Crippen LogP contribution in [0.5, 0.6) is 0 Å². The van der Waals surface area contributed by atoms with E-state index in [9.17, 15) is 4.79 Å². The second-order valence-corrected chi connectivity index (χ2v) is 5.93. The van der Waals surface area contributed by atoms with Crippen molar-refractivity contribution in [2.45, 2.75) is 58.3 Å². The molecule has 0 bridgehead atoms. The van der Waals surface area contributed by atoms with Gasteiger partial charge in [-0.2, -0.15) is 0 Å². The van der Waals surface area contributed by atoms with E-state index < -0.39 is 0 Å². The summed E-state index contributed by atoms with van der Waals surface area (Å²) in [5.41, 5.74) is 3.46. The number of nitrogens with one attached hydrogen (secondary N) is 1. The van der Waals surface area contributed by atoms with Gasteiger partial charge in [0.1, 0.15) is 0 Å². The van der Waals surface area contributed by atoms with E-state index >= 15 is 0 Å². The van der Waals surface area contributed by atoms with Crippen molar-refractivity contribution in [3.63, 3.8) is 0 Å². The number of benzene rings is 1. The van der Waals surface area contributed by atoms with E-state index in [-0.39, 0.29) is 5.91 Å². The number of carbonyl (C=O) groups is 1. The molecule has 2 aliphatic rings. The normalized spacial score (nSPS) is 26.3. The molecule has 0 radical (unpaired) electrons. The first-order valence-electron chi connectivity index (χ1n) is 7.32. The van der Waals surface area contributed by atoms with Crippen molar-refractivity contribution in [1.29, 1.82) is 0 Å². The van der Waals surface area contributed by atoms with Gasteiger partial charge >= 0.3 is 0 Å². The lowest BCUT2D eigenvalue weighted by atomic mass is 9.96. The molecule has 1 fully saturated rings. The Balaban J connectivity index is 1.86. The highest BCUT2D eigenvalue weighted by atomic mass is 16.2. The molecular weight excluding hydrogens is 236 g/mol. The zero-order chi connectivity index (χ0) is 13.4. The number of nitrogens with zero attached hydrogens (tertiary/aromatic N) is 1. The summed E-state index contributed by atoms with van der Waals surface area (Å²) >= 11 is 0. The molecule has 1 aromatic rings. The molecular formula is C16H22N2O. The van der Waals surface area contributed by atoms with E-state index in [1.165, 1.54) is 17.5 Å². The Morgan fingerprint density at radius 3 is 2.58 bits per heavy atom. The molecule has 0 spiro atoms. The summed E-state index contributed by atoms with van der Waals surface area (Å²) in [6, 6.07) is 6.89. The van der Waals surface area contributed by atoms with Gasteiger partial charge in [-0.05, 0) is 56.4 Å². The first-order chi connectivity index (χ1) is 9.16. The molecule has 1 aromatic carbocycles. The second kappa shape index (κ2) is 4.97. The van der Waals surface area contributed by atoms with Crippen molar-refractivity contribution in [3.8, 4) is 0 Å². The summed E-state index contributed by atoms with van der Waals surface area (Å²) in [6.45, 7) is 6.16. The van der Waals surface area contributed by atoms with Gasteiger partial charge in [-0.1, -0.05) is 6.07 Å². The highest BCUT2D eigenvalue weighted by Gasteiger charge is 2.29. The number of amides is 1. The fourth-order valence-corrected chi connectivity index (χ4v) is 3.40. The SMILES string of the molecule is C[C@@H]1CCC[C@H](C)N1C(=O)c1ccc2c(c1)CNC2. The molecule has 3 heteroatoms. The number of fused-ring (bicyclic) bond motifs is 1. The average Bonchev–Trinajstić information content (AvgIpc) is 2.85. The van der Waals surface area contributed by atoms with Crippen LogP contribution < -0.4 is 5.32 Å². The van der Waals surface area contributed by atoms with Gasteiger partial charge in [0.15, 0.2) is 0 Å². The first-order valence-corrected chi connectivity index (χ1v) is 7.32. The van der Waals surface area contributed by atoms with E-state index in [4.69, 9.17) is 0 Å². The highest BCUT2D eigenvalue weighted by molar-refractivity contribution is 5.95. The van der Waals surface area contributed by atoms with Crippen LogP contribution in [0.2, 0.25) is 0 Å². The smallest absolute Gasteiger partial charge is 0.254 e. The van der Waals surface area contributed by atoms with Gasteiger partial charge < -0.3 is 10.2 Å². The molecule has 1 saturated heterocycles. The van der Waals surface area contributed by atoms with Crippen molar-refractivity contribution in [2.75, 3.05) is 0 Å². The van der Waals surface area contributed by atoms with Gasteiger partial charge in [0, 0.05) is 30.7 Å². The minimum Gasteiger partial charge on any atom is -0.333 e. The third-order valence-corrected chi connectivity index (χ3v) is 4.51. The Morgan fingerprint density at radius 2 is 1.84 bits per heavy atom. The summed E-state index contributed by atoms with van der Waals surface area (Å²) in [6.07, 6.45) is 3.49. The number of piperidine rings is 1. The molecule has 0 unspecified atom stereocenters. The molecule has 2 atom stereocenters. The maximum atomic E-state index is 12.7. The molecule has 19 heavy (non-hydrogen) atoms. The molecule has 2 aliphatic heterocycles. The van der Waals surface area contributed by atoms with E-state index in [2.05, 4.69) is 36.2 Å². The third kappa shape index (κ3) is 2.27. The lowest BCUT2D eigenvalue weighted by molar-refractivity contribution is 0.0510. The Hall–Kier alpha value is -1.35. The summed E-state index contributed by atoms with van der Waals surface area (Å²) in [7, 11) is 0. The standard InChI is InChI=1S/C16H22N2O/c1-11-4-3-5-12(2)18(11)16(19)13-6-7-14-9-17-10-15(14)8-13/h6-8,11-12,17H,3-5,9-10H2,1-2H3/t11-,12+. The van der Waals surface area contributed by atoms with Gasteiger partial charge in [-0.3, -0.25) is 4.79 Å². The van der Waals surface area contributed by atoms with Crippen LogP contribution in [0.4, 0.5) is 0 Å². The van der Waals surface area contributed by atoms with Gasteiger partial charge in [0.2, 0.25) is 0 Å². The minimum atomic E-state index is 0.203. The molecule has 0 aliphatic carbocycles. The Kier molecular flexibility index (Phi) is 3.31. The maximum Gasteiger partial charge on any atom is 0.254 e. The van der Waals surface area contributed by atoms with E-state index in [1.54, 1.807) is 0 Å². The zero-order valence-electron chi connectivity index (χ0n) is 11.8. The lowest BCUT2D eigenvalue weighted by Gasteiger charge is -2.39. The van der Waals surface area contributed by atoms with Crippen LogP contribution in [-0.4, -0.2) is 22.9 Å². The molecule has 2 heterocycles. The average molecular weight is 258 g/mol. The van der Waals surface area contributed by atoms with Crippen LogP contribution in [0.15, 0.2) is 18.2 Å². The van der Waals surface area contributed by atoms with Crippen LogP contribution >= 0.6 is 0 Å². The predicted molar refractivity (Wildman–Crippen MR) is 75.9 cm³/mol. The van der Waals surface area contributed by atoms with Crippen molar-refractivity contribution in [1.82, 2.24) is 10.2 Å². The van der Waals surface area contributed by atoms with Gasteiger partial charge in [0.05, 0.1) is 0 Å². The molecule has 3 nitrogen and oxygen atoms in total. The summed E-state index contributed by atoms with van der Waals surface area (Å²) in [5.74, 6) is 0.203. The van der Waals surface area contributed by atoms with Gasteiger partial charge in [-0.15, -0.1) is 0 Å². The monoisotopic (exact) mass is 258 g/mol. The Bertz CT molecular complexity index is 488. The number of likely N-dealkylation sites (tertiary alicyclic amines) is 1. The largest absolute Gasteiger partial charge is 0.333 e. The Morgan fingerprint density at radius 1 is 1.16 bits per heavy atom. The Labute approximate surface area is 115 Å². The van der Waals surface area contributed by atoms with Crippen LogP contribution in [0.25, 0.3) is 0 Å². The van der Waals surface area contributed by atoms with Crippen molar-refractivity contribution in [2.24, 2.45) is 0 Å². The third-order valence-electron chi connectivity index (χ3n) is 4.51. The first kappa shape index (κ1) is 12.7. The van der Waals surface area contributed by atoms with E-state index in [1.807, 2.05) is 6.07 Å². The number of carbonyl (C=O) groups excluding carboxylic acids is 1. The number of hydrogen-bond donors (Lipinski definition) is 1. The maximum absolute atomic E-state index is 12.7. The molecule has 0 saturated carbocycles. The molecule has 1 N–H and O–H groups in total. The van der Waals surface area contributed by atoms with E-state index in [0.29, 0.717) is 12.1 Å². The lowest BCUT2D eigenvalue weighted by Crippen LogP contribution is -2.47. The molecule has 1 amide bonds.